The Morgan fingerprint density at radius 1 is 1.20 bits per heavy atom. The molecule has 1 aliphatic rings. The molecule has 128 valence electrons. The minimum absolute atomic E-state index is 0.120. The normalized spacial score (nSPS) is 16.0. The smallest absolute Gasteiger partial charge is 0.293 e. The molecule has 1 heterocycles. The van der Waals surface area contributed by atoms with Crippen molar-refractivity contribution in [3.8, 4) is 5.75 Å². The molecule has 3 rings (SSSR count). The Hall–Kier alpha value is -2.12. The third-order valence-corrected chi connectivity index (χ3v) is 5.13. The molecular weight excluding hydrogens is 409 g/mol. The first-order valence-corrected chi connectivity index (χ1v) is 8.92. The first-order valence-electron chi connectivity index (χ1n) is 7.31. The summed E-state index contributed by atoms with van der Waals surface area (Å²) < 4.78 is 18.9. The summed E-state index contributed by atoms with van der Waals surface area (Å²) in [6.45, 7) is 0.120. The largest absolute Gasteiger partial charge is 0.496 e. The maximum absolute atomic E-state index is 13.0. The summed E-state index contributed by atoms with van der Waals surface area (Å²) in [7, 11) is 1.57. The zero-order valence-corrected chi connectivity index (χ0v) is 15.6. The maximum Gasteiger partial charge on any atom is 0.293 e. The van der Waals surface area contributed by atoms with Crippen molar-refractivity contribution >= 4 is 44.9 Å². The van der Waals surface area contributed by atoms with Gasteiger partial charge in [0.2, 0.25) is 0 Å². The summed E-state index contributed by atoms with van der Waals surface area (Å²) in [6, 6.07) is 11.1. The van der Waals surface area contributed by atoms with Crippen LogP contribution in [-0.4, -0.2) is 23.2 Å². The van der Waals surface area contributed by atoms with E-state index in [9.17, 15) is 14.0 Å². The molecule has 0 radical (unpaired) electrons. The second-order valence-corrected chi connectivity index (χ2v) is 7.14. The Bertz CT molecular complexity index is 867. The van der Waals surface area contributed by atoms with Gasteiger partial charge in [0.15, 0.2) is 0 Å². The average Bonchev–Trinajstić information content (AvgIpc) is 2.84. The minimum atomic E-state index is -0.358. The first-order chi connectivity index (χ1) is 12.0. The third-order valence-electron chi connectivity index (χ3n) is 3.60. The average molecular weight is 422 g/mol. The van der Waals surface area contributed by atoms with Crippen LogP contribution in [0.2, 0.25) is 0 Å². The predicted molar refractivity (Wildman–Crippen MR) is 98.6 cm³/mol. The molecule has 0 aliphatic carbocycles. The fourth-order valence-corrected chi connectivity index (χ4v) is 3.73. The molecule has 1 saturated heterocycles. The lowest BCUT2D eigenvalue weighted by molar-refractivity contribution is -0.123. The highest BCUT2D eigenvalue weighted by Crippen LogP contribution is 2.34. The number of ether oxygens (including phenoxy) is 1. The Labute approximate surface area is 156 Å². The standard InChI is InChI=1S/C18H13BrFNO3S/c1-24-15-7-4-12(8-14(15)19)9-16-17(22)21(18(23)25-16)10-11-2-5-13(20)6-3-11/h2-9H,10H2,1H3/b16-9+. The Morgan fingerprint density at radius 3 is 2.56 bits per heavy atom. The Morgan fingerprint density at radius 2 is 1.92 bits per heavy atom. The second-order valence-electron chi connectivity index (χ2n) is 5.29. The van der Waals surface area contributed by atoms with E-state index in [4.69, 9.17) is 4.74 Å². The number of carbonyl (C=O) groups excluding carboxylic acids is 2. The lowest BCUT2D eigenvalue weighted by Gasteiger charge is -2.12. The van der Waals surface area contributed by atoms with Crippen molar-refractivity contribution in [3.63, 3.8) is 0 Å². The van der Waals surface area contributed by atoms with Crippen LogP contribution < -0.4 is 4.74 Å². The Kier molecular flexibility index (Phi) is 5.24. The topological polar surface area (TPSA) is 46.6 Å². The van der Waals surface area contributed by atoms with Crippen LogP contribution in [0.4, 0.5) is 9.18 Å². The molecule has 2 aromatic rings. The molecule has 1 aliphatic heterocycles. The summed E-state index contributed by atoms with van der Waals surface area (Å²) in [5, 5.41) is -0.340. The number of rotatable bonds is 4. The van der Waals surface area contributed by atoms with Gasteiger partial charge in [0.05, 0.1) is 23.0 Å². The van der Waals surface area contributed by atoms with Crippen LogP contribution in [0.3, 0.4) is 0 Å². The first kappa shape index (κ1) is 17.7. The molecule has 2 aromatic carbocycles. The summed E-state index contributed by atoms with van der Waals surface area (Å²) in [5.74, 6) is -0.0318. The van der Waals surface area contributed by atoms with Gasteiger partial charge in [-0.25, -0.2) is 4.39 Å². The maximum atomic E-state index is 13.0. The summed E-state index contributed by atoms with van der Waals surface area (Å²) in [4.78, 5) is 26.2. The molecule has 0 spiro atoms. The van der Waals surface area contributed by atoms with E-state index < -0.39 is 0 Å². The van der Waals surface area contributed by atoms with Crippen LogP contribution in [-0.2, 0) is 11.3 Å². The molecule has 0 unspecified atom stereocenters. The van der Waals surface area contributed by atoms with Gasteiger partial charge in [-0.05, 0) is 69.2 Å². The molecule has 0 aromatic heterocycles. The molecule has 0 N–H and O–H groups in total. The van der Waals surface area contributed by atoms with Gasteiger partial charge in [0.1, 0.15) is 11.6 Å². The van der Waals surface area contributed by atoms with Gasteiger partial charge in [0.25, 0.3) is 11.1 Å². The quantitative estimate of drug-likeness (QED) is 0.663. The van der Waals surface area contributed by atoms with Gasteiger partial charge in [-0.3, -0.25) is 14.5 Å². The number of hydrogen-bond acceptors (Lipinski definition) is 4. The van der Waals surface area contributed by atoms with Gasteiger partial charge < -0.3 is 4.74 Å². The van der Waals surface area contributed by atoms with E-state index >= 15 is 0 Å². The van der Waals surface area contributed by atoms with Crippen molar-refractivity contribution in [1.82, 2.24) is 4.90 Å². The van der Waals surface area contributed by atoms with Crippen molar-refractivity contribution in [2.24, 2.45) is 0 Å². The number of methoxy groups -OCH3 is 1. The highest BCUT2D eigenvalue weighted by Gasteiger charge is 2.34. The fraction of sp³-hybridized carbons (Fsp3) is 0.111. The van der Waals surface area contributed by atoms with Gasteiger partial charge in [-0.15, -0.1) is 0 Å². The molecule has 7 heteroatoms. The van der Waals surface area contributed by atoms with Crippen molar-refractivity contribution in [2.75, 3.05) is 7.11 Å². The predicted octanol–water partition coefficient (Wildman–Crippen LogP) is 4.83. The summed E-state index contributed by atoms with van der Waals surface area (Å²) in [6.07, 6.45) is 1.67. The second kappa shape index (κ2) is 7.41. The lowest BCUT2D eigenvalue weighted by atomic mass is 10.2. The molecule has 0 saturated carbocycles. The van der Waals surface area contributed by atoms with Crippen LogP contribution >= 0.6 is 27.7 Å². The number of thioether (sulfide) groups is 1. The van der Waals surface area contributed by atoms with Crippen LogP contribution in [0.25, 0.3) is 6.08 Å². The zero-order valence-electron chi connectivity index (χ0n) is 13.2. The monoisotopic (exact) mass is 421 g/mol. The van der Waals surface area contributed by atoms with E-state index in [1.54, 1.807) is 37.5 Å². The fourth-order valence-electron chi connectivity index (χ4n) is 2.33. The van der Waals surface area contributed by atoms with E-state index in [0.29, 0.717) is 16.2 Å². The molecule has 0 bridgehead atoms. The molecule has 4 nitrogen and oxygen atoms in total. The number of nitrogens with zero attached hydrogens (tertiary/aromatic N) is 1. The van der Waals surface area contributed by atoms with E-state index in [1.165, 1.54) is 12.1 Å². The number of carbonyl (C=O) groups is 2. The van der Waals surface area contributed by atoms with E-state index in [0.717, 1.165) is 26.7 Å². The number of hydrogen-bond donors (Lipinski definition) is 0. The van der Waals surface area contributed by atoms with E-state index in [2.05, 4.69) is 15.9 Å². The molecule has 0 atom stereocenters. The van der Waals surface area contributed by atoms with E-state index in [1.807, 2.05) is 6.07 Å². The Balaban J connectivity index is 1.80. The molecule has 1 fully saturated rings. The van der Waals surface area contributed by atoms with Gasteiger partial charge >= 0.3 is 0 Å². The number of imide groups is 1. The zero-order chi connectivity index (χ0) is 18.0. The van der Waals surface area contributed by atoms with E-state index in [-0.39, 0.29) is 23.5 Å². The van der Waals surface area contributed by atoms with Crippen LogP contribution in [0, 0.1) is 5.82 Å². The highest BCUT2D eigenvalue weighted by molar-refractivity contribution is 9.10. The number of halogens is 2. The number of amides is 2. The molecule has 2 amide bonds. The number of benzene rings is 2. The van der Waals surface area contributed by atoms with Gasteiger partial charge in [0, 0.05) is 0 Å². The van der Waals surface area contributed by atoms with Crippen molar-refractivity contribution < 1.29 is 18.7 Å². The van der Waals surface area contributed by atoms with Gasteiger partial charge in [-0.1, -0.05) is 18.2 Å². The van der Waals surface area contributed by atoms with Crippen LogP contribution in [0.5, 0.6) is 5.75 Å². The van der Waals surface area contributed by atoms with Crippen molar-refractivity contribution in [3.05, 3.63) is 68.8 Å². The summed E-state index contributed by atoms with van der Waals surface area (Å²) >= 11 is 4.28. The van der Waals surface area contributed by atoms with Crippen molar-refractivity contribution in [1.29, 1.82) is 0 Å². The molecular formula is C18H13BrFNO3S. The lowest BCUT2D eigenvalue weighted by Crippen LogP contribution is -2.27. The van der Waals surface area contributed by atoms with Crippen molar-refractivity contribution in [2.45, 2.75) is 6.54 Å². The SMILES string of the molecule is COc1ccc(/C=C2/SC(=O)N(Cc3ccc(F)cc3)C2=O)cc1Br. The van der Waals surface area contributed by atoms with Gasteiger partial charge in [-0.2, -0.15) is 0 Å². The third kappa shape index (κ3) is 3.93. The summed E-state index contributed by atoms with van der Waals surface area (Å²) in [5.41, 5.74) is 1.47. The minimum Gasteiger partial charge on any atom is -0.496 e. The van der Waals surface area contributed by atoms with Crippen LogP contribution in [0.1, 0.15) is 11.1 Å². The molecule has 25 heavy (non-hydrogen) atoms. The van der Waals surface area contributed by atoms with Crippen LogP contribution in [0.15, 0.2) is 51.8 Å². The highest BCUT2D eigenvalue weighted by atomic mass is 79.9.